The lowest BCUT2D eigenvalue weighted by molar-refractivity contribution is -0.159. The third kappa shape index (κ3) is 7.48. The molecule has 0 aliphatic heterocycles. The van der Waals surface area contributed by atoms with Gasteiger partial charge in [-0.2, -0.15) is 0 Å². The molecule has 0 radical (unpaired) electrons. The Balaban J connectivity index is 1.42. The van der Waals surface area contributed by atoms with Crippen molar-refractivity contribution in [1.82, 2.24) is 9.88 Å². The molecule has 224 valence electrons. The molecule has 0 spiro atoms. The fraction of sp³-hybridized carbons (Fsp3) is 0.306. The van der Waals surface area contributed by atoms with Crippen molar-refractivity contribution in [1.29, 1.82) is 0 Å². The van der Waals surface area contributed by atoms with Crippen LogP contribution in [0.15, 0.2) is 91.0 Å². The van der Waals surface area contributed by atoms with Crippen molar-refractivity contribution in [2.75, 3.05) is 26.8 Å². The number of rotatable bonds is 12. The van der Waals surface area contributed by atoms with Crippen molar-refractivity contribution in [3.05, 3.63) is 102 Å². The van der Waals surface area contributed by atoms with Gasteiger partial charge in [-0.05, 0) is 62.2 Å². The van der Waals surface area contributed by atoms with Crippen LogP contribution in [0, 0.1) is 5.41 Å². The lowest BCUT2D eigenvalue weighted by atomic mass is 9.97. The van der Waals surface area contributed by atoms with E-state index in [4.69, 9.17) is 14.2 Å². The smallest absolute Gasteiger partial charge is 0.311 e. The Bertz CT molecular complexity index is 1670. The topological polar surface area (TPSA) is 84.0 Å². The van der Waals surface area contributed by atoms with Crippen LogP contribution in [0.5, 0.6) is 17.2 Å². The number of ether oxygens (including phenoxy) is 3. The summed E-state index contributed by atoms with van der Waals surface area (Å²) >= 11 is 0. The number of methoxy groups -OCH3 is 1. The number of fused-ring (bicyclic) bond motifs is 3. The molecule has 1 heterocycles. The van der Waals surface area contributed by atoms with Gasteiger partial charge in [-0.3, -0.25) is 9.69 Å². The van der Waals surface area contributed by atoms with E-state index in [0.717, 1.165) is 27.5 Å². The van der Waals surface area contributed by atoms with E-state index in [1.165, 1.54) is 5.39 Å². The second-order valence-electron chi connectivity index (χ2n) is 11.9. The molecule has 0 fully saturated rings. The fourth-order valence-electron chi connectivity index (χ4n) is 5.23. The molecule has 4 aromatic carbocycles. The monoisotopic (exact) mass is 580 g/mol. The molecule has 5 rings (SSSR count). The Morgan fingerprint density at radius 3 is 2.33 bits per heavy atom. The zero-order chi connectivity index (χ0) is 30.4. The molecule has 0 saturated heterocycles. The molecule has 43 heavy (non-hydrogen) atoms. The number of aromatic amines is 1. The van der Waals surface area contributed by atoms with Gasteiger partial charge in [0.25, 0.3) is 0 Å². The number of benzene rings is 4. The number of aromatic nitrogens is 1. The number of phenols is 1. The number of H-pyrrole nitrogens is 1. The Hall–Kier alpha value is -4.49. The number of carbonyl (C=O) groups excluding carboxylic acids is 1. The predicted octanol–water partition coefficient (Wildman–Crippen LogP) is 7.12. The quantitative estimate of drug-likeness (QED) is 0.153. The summed E-state index contributed by atoms with van der Waals surface area (Å²) in [6.07, 6.45) is 0.137. The number of para-hydroxylation sites is 4. The molecule has 0 aliphatic carbocycles. The van der Waals surface area contributed by atoms with Gasteiger partial charge in [0, 0.05) is 47.9 Å². The van der Waals surface area contributed by atoms with E-state index in [1.54, 1.807) is 19.2 Å². The highest BCUT2D eigenvalue weighted by atomic mass is 16.5. The minimum absolute atomic E-state index is 0.221. The highest BCUT2D eigenvalue weighted by molar-refractivity contribution is 6.08. The molecule has 1 aromatic heterocycles. The molecular formula is C36H40N2O5. The van der Waals surface area contributed by atoms with Gasteiger partial charge in [-0.1, -0.05) is 60.7 Å². The number of phenolic OH excluding ortho intramolecular Hbond substituents is 1. The molecule has 1 unspecified atom stereocenters. The predicted molar refractivity (Wildman–Crippen MR) is 171 cm³/mol. The SMILES string of the molecule is COc1ccccc1OCCN(Cc1ccc(O)cc1)CC(Cc1cccc2c1[nH]c1ccccc12)OC(=O)C(C)(C)C. The summed E-state index contributed by atoms with van der Waals surface area (Å²) in [5.41, 5.74) is 3.63. The maximum atomic E-state index is 13.2. The zero-order valence-electron chi connectivity index (χ0n) is 25.3. The van der Waals surface area contributed by atoms with Crippen LogP contribution in [-0.2, 0) is 22.5 Å². The molecule has 0 saturated carbocycles. The molecule has 0 amide bonds. The van der Waals surface area contributed by atoms with Crippen molar-refractivity contribution in [2.45, 2.75) is 39.8 Å². The van der Waals surface area contributed by atoms with Gasteiger partial charge in [0.05, 0.1) is 12.5 Å². The Labute approximate surface area is 253 Å². The number of nitrogens with zero attached hydrogens (tertiary/aromatic N) is 1. The molecule has 1 atom stereocenters. The summed E-state index contributed by atoms with van der Waals surface area (Å²) in [4.78, 5) is 19.0. The maximum absolute atomic E-state index is 13.2. The molecule has 5 aromatic rings. The lowest BCUT2D eigenvalue weighted by Crippen LogP contribution is -2.40. The molecule has 2 N–H and O–H groups in total. The number of nitrogens with one attached hydrogen (secondary N) is 1. The zero-order valence-corrected chi connectivity index (χ0v) is 25.3. The van der Waals surface area contributed by atoms with Gasteiger partial charge in [0.1, 0.15) is 18.5 Å². The third-order valence-electron chi connectivity index (χ3n) is 7.50. The molecule has 0 bridgehead atoms. The first-order valence-electron chi connectivity index (χ1n) is 14.7. The number of hydrogen-bond donors (Lipinski definition) is 2. The summed E-state index contributed by atoms with van der Waals surface area (Å²) in [5, 5.41) is 12.1. The lowest BCUT2D eigenvalue weighted by Gasteiger charge is -2.30. The third-order valence-corrected chi connectivity index (χ3v) is 7.50. The molecule has 0 aliphatic rings. The average molecular weight is 581 g/mol. The first-order valence-corrected chi connectivity index (χ1v) is 14.7. The van der Waals surface area contributed by atoms with Gasteiger partial charge >= 0.3 is 5.97 Å². The van der Waals surface area contributed by atoms with E-state index in [9.17, 15) is 9.90 Å². The van der Waals surface area contributed by atoms with E-state index in [0.29, 0.717) is 44.2 Å². The molecule has 7 nitrogen and oxygen atoms in total. The van der Waals surface area contributed by atoms with Crippen LogP contribution in [-0.4, -0.2) is 53.9 Å². The Kier molecular flexibility index (Phi) is 9.22. The van der Waals surface area contributed by atoms with E-state index < -0.39 is 11.5 Å². The first-order chi connectivity index (χ1) is 20.7. The van der Waals surface area contributed by atoms with Crippen molar-refractivity contribution in [3.8, 4) is 17.2 Å². The minimum Gasteiger partial charge on any atom is -0.508 e. The van der Waals surface area contributed by atoms with Crippen molar-refractivity contribution >= 4 is 27.8 Å². The minimum atomic E-state index is -0.639. The van der Waals surface area contributed by atoms with E-state index >= 15 is 0 Å². The van der Waals surface area contributed by atoms with Crippen LogP contribution in [0.3, 0.4) is 0 Å². The first kappa shape index (κ1) is 30.0. The van der Waals surface area contributed by atoms with E-state index in [1.807, 2.05) is 69.3 Å². The largest absolute Gasteiger partial charge is 0.508 e. The highest BCUT2D eigenvalue weighted by Gasteiger charge is 2.28. The summed E-state index contributed by atoms with van der Waals surface area (Å²) in [7, 11) is 1.63. The van der Waals surface area contributed by atoms with Crippen molar-refractivity contribution < 1.29 is 24.1 Å². The summed E-state index contributed by atoms with van der Waals surface area (Å²) in [5.74, 6) is 1.33. The van der Waals surface area contributed by atoms with E-state index in [2.05, 4.69) is 40.2 Å². The van der Waals surface area contributed by atoms with Crippen LogP contribution in [0.1, 0.15) is 31.9 Å². The van der Waals surface area contributed by atoms with Crippen LogP contribution in [0.4, 0.5) is 0 Å². The van der Waals surface area contributed by atoms with Gasteiger partial charge in [-0.25, -0.2) is 0 Å². The van der Waals surface area contributed by atoms with Crippen LogP contribution in [0.2, 0.25) is 0 Å². The molecular weight excluding hydrogens is 540 g/mol. The standard InChI is InChI=1S/C36H40N2O5/c1-36(2,3)35(40)43-28(22-26-10-9-12-30-29-11-5-6-13-31(29)37-34(26)30)24-38(23-25-16-18-27(39)19-17-25)20-21-42-33-15-8-7-14-32(33)41-4/h5-19,28,37,39H,20-24H2,1-4H3. The van der Waals surface area contributed by atoms with Gasteiger partial charge < -0.3 is 24.3 Å². The van der Waals surface area contributed by atoms with Gasteiger partial charge in [0.15, 0.2) is 11.5 Å². The Morgan fingerprint density at radius 2 is 1.58 bits per heavy atom. The molecule has 7 heteroatoms. The van der Waals surface area contributed by atoms with Crippen LogP contribution in [0.25, 0.3) is 21.8 Å². The average Bonchev–Trinajstić information content (AvgIpc) is 3.38. The highest BCUT2D eigenvalue weighted by Crippen LogP contribution is 2.29. The number of esters is 1. The normalized spacial score (nSPS) is 12.5. The second kappa shape index (κ2) is 13.2. The second-order valence-corrected chi connectivity index (χ2v) is 11.9. The number of hydrogen-bond acceptors (Lipinski definition) is 6. The number of aromatic hydroxyl groups is 1. The summed E-state index contributed by atoms with van der Waals surface area (Å²) < 4.78 is 17.8. The van der Waals surface area contributed by atoms with Crippen molar-refractivity contribution in [3.63, 3.8) is 0 Å². The Morgan fingerprint density at radius 1 is 0.884 bits per heavy atom. The van der Waals surface area contributed by atoms with Crippen LogP contribution >= 0.6 is 0 Å². The summed E-state index contributed by atoms with van der Waals surface area (Å²) in [6, 6.07) is 29.3. The van der Waals surface area contributed by atoms with Crippen molar-refractivity contribution in [2.24, 2.45) is 5.41 Å². The summed E-state index contributed by atoms with van der Waals surface area (Å²) in [6.45, 7) is 7.71. The van der Waals surface area contributed by atoms with Gasteiger partial charge in [0.2, 0.25) is 0 Å². The van der Waals surface area contributed by atoms with Crippen LogP contribution < -0.4 is 9.47 Å². The number of carbonyl (C=O) groups is 1. The van der Waals surface area contributed by atoms with Gasteiger partial charge in [-0.15, -0.1) is 0 Å². The maximum Gasteiger partial charge on any atom is 0.311 e. The van der Waals surface area contributed by atoms with E-state index in [-0.39, 0.29) is 11.7 Å². The fourth-order valence-corrected chi connectivity index (χ4v) is 5.23.